The van der Waals surface area contributed by atoms with E-state index in [0.29, 0.717) is 12.1 Å². The van der Waals surface area contributed by atoms with Crippen LogP contribution in [0.1, 0.15) is 35.7 Å². The number of rotatable bonds is 6. The van der Waals surface area contributed by atoms with Gasteiger partial charge >= 0.3 is 0 Å². The lowest BCUT2D eigenvalue weighted by Crippen LogP contribution is -2.27. The van der Waals surface area contributed by atoms with Gasteiger partial charge < -0.3 is 0 Å². The zero-order valence-corrected chi connectivity index (χ0v) is 13.4. The number of nitrogens with one attached hydrogen (secondary N) is 1. The molecule has 2 aromatic carbocycles. The van der Waals surface area contributed by atoms with Crippen LogP contribution in [-0.2, 0) is 10.0 Å². The monoisotopic (exact) mass is 317 g/mol. The largest absolute Gasteiger partial charge is 0.295 e. The molecule has 0 bridgehead atoms. The number of ketones is 1. The van der Waals surface area contributed by atoms with Crippen LogP contribution in [-0.4, -0.2) is 20.7 Å². The predicted molar refractivity (Wildman–Crippen MR) is 86.5 cm³/mol. The van der Waals surface area contributed by atoms with Crippen LogP contribution < -0.4 is 4.72 Å². The summed E-state index contributed by atoms with van der Waals surface area (Å²) in [5.41, 5.74) is 1.46. The summed E-state index contributed by atoms with van der Waals surface area (Å²) in [5, 5.41) is 0. The second-order valence-electron chi connectivity index (χ2n) is 5.25. The van der Waals surface area contributed by atoms with E-state index in [1.54, 1.807) is 12.1 Å². The molecule has 116 valence electrons. The van der Waals surface area contributed by atoms with Crippen LogP contribution in [0.15, 0.2) is 59.5 Å². The molecule has 1 N–H and O–H groups in total. The molecule has 0 heterocycles. The molecule has 0 fully saturated rings. The number of carbonyl (C=O) groups excluding carboxylic acids is 1. The highest BCUT2D eigenvalue weighted by atomic mass is 32.2. The minimum Gasteiger partial charge on any atom is -0.295 e. The van der Waals surface area contributed by atoms with E-state index in [-0.39, 0.29) is 16.6 Å². The quantitative estimate of drug-likeness (QED) is 0.833. The van der Waals surface area contributed by atoms with Crippen molar-refractivity contribution < 1.29 is 13.2 Å². The van der Waals surface area contributed by atoms with Crippen molar-refractivity contribution in [2.75, 3.05) is 6.54 Å². The van der Waals surface area contributed by atoms with E-state index < -0.39 is 10.0 Å². The van der Waals surface area contributed by atoms with Crippen LogP contribution in [0.3, 0.4) is 0 Å². The Balaban J connectivity index is 2.11. The first kappa shape index (κ1) is 16.4. The first-order chi connectivity index (χ1) is 10.4. The summed E-state index contributed by atoms with van der Waals surface area (Å²) in [4.78, 5) is 11.5. The number of Topliss-reactive ketones (excluding diaryl/α,β-unsaturated/α-hetero) is 1. The Bertz CT molecular complexity index is 754. The Kier molecular flexibility index (Phi) is 5.11. The lowest BCUT2D eigenvalue weighted by molar-refractivity contribution is 0.101. The van der Waals surface area contributed by atoms with Crippen LogP contribution in [0.25, 0.3) is 0 Å². The van der Waals surface area contributed by atoms with E-state index in [2.05, 4.69) is 4.72 Å². The fourth-order valence-electron chi connectivity index (χ4n) is 2.10. The lowest BCUT2D eigenvalue weighted by Gasteiger charge is -2.13. The summed E-state index contributed by atoms with van der Waals surface area (Å²) in [6.45, 7) is 3.68. The topological polar surface area (TPSA) is 63.2 Å². The zero-order valence-electron chi connectivity index (χ0n) is 12.6. The molecule has 0 spiro atoms. The third-order valence-corrected chi connectivity index (χ3v) is 4.92. The van der Waals surface area contributed by atoms with Gasteiger partial charge in [0.25, 0.3) is 0 Å². The smallest absolute Gasteiger partial charge is 0.240 e. The van der Waals surface area contributed by atoms with Crippen molar-refractivity contribution in [2.45, 2.75) is 24.7 Å². The van der Waals surface area contributed by atoms with Gasteiger partial charge in [-0.15, -0.1) is 0 Å². The zero-order chi connectivity index (χ0) is 16.2. The molecule has 0 saturated heterocycles. The van der Waals surface area contributed by atoms with E-state index >= 15 is 0 Å². The van der Waals surface area contributed by atoms with E-state index in [1.165, 1.54) is 19.1 Å². The molecule has 0 aromatic heterocycles. The fourth-order valence-corrected chi connectivity index (χ4v) is 3.28. The molecule has 1 unspecified atom stereocenters. The lowest BCUT2D eigenvalue weighted by atomic mass is 10.0. The second kappa shape index (κ2) is 6.85. The Labute approximate surface area is 131 Å². The van der Waals surface area contributed by atoms with Crippen molar-refractivity contribution >= 4 is 15.8 Å². The second-order valence-corrected chi connectivity index (χ2v) is 7.01. The average Bonchev–Trinajstić information content (AvgIpc) is 2.53. The van der Waals surface area contributed by atoms with Crippen molar-refractivity contribution in [1.29, 1.82) is 0 Å². The van der Waals surface area contributed by atoms with Crippen LogP contribution in [0.2, 0.25) is 0 Å². The van der Waals surface area contributed by atoms with Gasteiger partial charge in [-0.25, -0.2) is 13.1 Å². The molecule has 4 nitrogen and oxygen atoms in total. The molecule has 1 atom stereocenters. The molecule has 0 saturated carbocycles. The van der Waals surface area contributed by atoms with Crippen molar-refractivity contribution in [3.05, 3.63) is 65.7 Å². The SMILES string of the molecule is CC(=O)c1cccc(S(=O)(=O)NCC(C)c2ccccc2)c1. The number of carbonyl (C=O) groups is 1. The molecule has 5 heteroatoms. The first-order valence-corrected chi connectivity index (χ1v) is 8.54. The van der Waals surface area contributed by atoms with Gasteiger partial charge in [0.2, 0.25) is 10.0 Å². The van der Waals surface area contributed by atoms with Crippen LogP contribution in [0.5, 0.6) is 0 Å². The van der Waals surface area contributed by atoms with Crippen LogP contribution >= 0.6 is 0 Å². The van der Waals surface area contributed by atoms with Gasteiger partial charge in [0, 0.05) is 12.1 Å². The number of sulfonamides is 1. The molecule has 0 aliphatic rings. The van der Waals surface area contributed by atoms with Crippen molar-refractivity contribution in [1.82, 2.24) is 4.72 Å². The van der Waals surface area contributed by atoms with E-state index in [0.717, 1.165) is 5.56 Å². The molecule has 0 aliphatic heterocycles. The molecule has 0 radical (unpaired) electrons. The van der Waals surface area contributed by atoms with E-state index in [1.807, 2.05) is 37.3 Å². The molecule has 2 rings (SSSR count). The van der Waals surface area contributed by atoms with Gasteiger partial charge in [-0.05, 0) is 30.5 Å². The van der Waals surface area contributed by atoms with Crippen molar-refractivity contribution in [3.8, 4) is 0 Å². The molecular formula is C17H19NO3S. The van der Waals surface area contributed by atoms with E-state index in [4.69, 9.17) is 0 Å². The summed E-state index contributed by atoms with van der Waals surface area (Å²) in [6, 6.07) is 15.8. The van der Waals surface area contributed by atoms with Gasteiger partial charge in [-0.2, -0.15) is 0 Å². The van der Waals surface area contributed by atoms with E-state index in [9.17, 15) is 13.2 Å². The molecule has 0 aliphatic carbocycles. The van der Waals surface area contributed by atoms with Gasteiger partial charge in [0.1, 0.15) is 0 Å². The molecule has 22 heavy (non-hydrogen) atoms. The normalized spacial score (nSPS) is 12.8. The van der Waals surface area contributed by atoms with Gasteiger partial charge in [-0.1, -0.05) is 49.4 Å². The molecule has 2 aromatic rings. The highest BCUT2D eigenvalue weighted by Gasteiger charge is 2.16. The highest BCUT2D eigenvalue weighted by Crippen LogP contribution is 2.16. The Morgan fingerprint density at radius 3 is 2.41 bits per heavy atom. The fraction of sp³-hybridized carbons (Fsp3) is 0.235. The van der Waals surface area contributed by atoms with Crippen LogP contribution in [0.4, 0.5) is 0 Å². The maximum Gasteiger partial charge on any atom is 0.240 e. The Hall–Kier alpha value is -1.98. The van der Waals surface area contributed by atoms with Crippen molar-refractivity contribution in [2.24, 2.45) is 0 Å². The predicted octanol–water partition coefficient (Wildman–Crippen LogP) is 2.97. The van der Waals surface area contributed by atoms with Gasteiger partial charge in [0.05, 0.1) is 4.90 Å². The van der Waals surface area contributed by atoms with Crippen molar-refractivity contribution in [3.63, 3.8) is 0 Å². The summed E-state index contributed by atoms with van der Waals surface area (Å²) < 4.78 is 27.2. The molecule has 0 amide bonds. The van der Waals surface area contributed by atoms with Gasteiger partial charge in [0.15, 0.2) is 5.78 Å². The summed E-state index contributed by atoms with van der Waals surface area (Å²) in [6.07, 6.45) is 0. The summed E-state index contributed by atoms with van der Waals surface area (Å²) >= 11 is 0. The van der Waals surface area contributed by atoms with Gasteiger partial charge in [-0.3, -0.25) is 4.79 Å². The third-order valence-electron chi connectivity index (χ3n) is 3.50. The Morgan fingerprint density at radius 1 is 1.09 bits per heavy atom. The minimum atomic E-state index is -3.62. The molecular weight excluding hydrogens is 298 g/mol. The number of benzene rings is 2. The first-order valence-electron chi connectivity index (χ1n) is 7.06. The summed E-state index contributed by atoms with van der Waals surface area (Å²) in [7, 11) is -3.62. The number of hydrogen-bond donors (Lipinski definition) is 1. The minimum absolute atomic E-state index is 0.0620. The third kappa shape index (κ3) is 4.02. The maximum absolute atomic E-state index is 12.3. The Morgan fingerprint density at radius 2 is 1.77 bits per heavy atom. The summed E-state index contributed by atoms with van der Waals surface area (Å²) in [5.74, 6) is -0.0957. The highest BCUT2D eigenvalue weighted by molar-refractivity contribution is 7.89. The maximum atomic E-state index is 12.3. The standard InChI is InChI=1S/C17H19NO3S/c1-13(15-7-4-3-5-8-15)12-18-22(20,21)17-10-6-9-16(11-17)14(2)19/h3-11,13,18H,12H2,1-2H3. The van der Waals surface area contributed by atoms with Crippen LogP contribution in [0, 0.1) is 0 Å². The number of hydrogen-bond acceptors (Lipinski definition) is 3. The average molecular weight is 317 g/mol.